The summed E-state index contributed by atoms with van der Waals surface area (Å²) in [6.07, 6.45) is 0. The molecule has 1 aliphatic rings. The summed E-state index contributed by atoms with van der Waals surface area (Å²) < 4.78 is 6.14. The lowest BCUT2D eigenvalue weighted by atomic mass is 10.0. The molecule has 0 spiro atoms. The van der Waals surface area contributed by atoms with Crippen molar-refractivity contribution in [1.29, 1.82) is 0 Å². The standard InChI is InChI=1S/C20H23NO2S2/c1-15(16-5-3-2-4-6-16)13-21-19(22)14-23-18-9-7-17(8-10-18)20-24-11-12-25-20/h2-10,15,20H,11-14H2,1H3,(H,21,22)/t15-/m0/s1. The Hall–Kier alpha value is -1.59. The van der Waals surface area contributed by atoms with Crippen molar-refractivity contribution in [3.05, 3.63) is 65.7 Å². The Bertz CT molecular complexity index is 670. The third kappa shape index (κ3) is 5.44. The van der Waals surface area contributed by atoms with E-state index >= 15 is 0 Å². The molecule has 3 nitrogen and oxygen atoms in total. The van der Waals surface area contributed by atoms with Crippen LogP contribution in [0.5, 0.6) is 5.75 Å². The van der Waals surface area contributed by atoms with Gasteiger partial charge >= 0.3 is 0 Å². The fourth-order valence-electron chi connectivity index (χ4n) is 2.64. The molecule has 0 aliphatic carbocycles. The van der Waals surface area contributed by atoms with E-state index in [2.05, 4.69) is 36.5 Å². The topological polar surface area (TPSA) is 38.3 Å². The van der Waals surface area contributed by atoms with E-state index in [0.717, 1.165) is 5.75 Å². The molecular formula is C20H23NO2S2. The van der Waals surface area contributed by atoms with Gasteiger partial charge in [0.05, 0.1) is 4.58 Å². The Labute approximate surface area is 157 Å². The summed E-state index contributed by atoms with van der Waals surface area (Å²) in [7, 11) is 0. The first-order valence-electron chi connectivity index (χ1n) is 8.50. The molecule has 0 unspecified atom stereocenters. The summed E-state index contributed by atoms with van der Waals surface area (Å²) in [6.45, 7) is 2.77. The smallest absolute Gasteiger partial charge is 0.257 e. The van der Waals surface area contributed by atoms with Crippen LogP contribution in [-0.2, 0) is 4.79 Å². The van der Waals surface area contributed by atoms with Crippen molar-refractivity contribution in [1.82, 2.24) is 5.32 Å². The van der Waals surface area contributed by atoms with Crippen LogP contribution in [0.15, 0.2) is 54.6 Å². The van der Waals surface area contributed by atoms with Gasteiger partial charge in [0.1, 0.15) is 5.75 Å². The quantitative estimate of drug-likeness (QED) is 0.777. The van der Waals surface area contributed by atoms with Crippen LogP contribution in [-0.4, -0.2) is 30.6 Å². The lowest BCUT2D eigenvalue weighted by Gasteiger charge is -2.14. The molecule has 1 aliphatic heterocycles. The molecule has 1 heterocycles. The fraction of sp³-hybridized carbons (Fsp3) is 0.350. The minimum atomic E-state index is -0.0891. The average molecular weight is 374 g/mol. The minimum Gasteiger partial charge on any atom is -0.484 e. The maximum Gasteiger partial charge on any atom is 0.257 e. The highest BCUT2D eigenvalue weighted by Crippen LogP contribution is 2.45. The summed E-state index contributed by atoms with van der Waals surface area (Å²) >= 11 is 3.97. The number of thioether (sulfide) groups is 2. The first-order chi connectivity index (χ1) is 12.2. The third-order valence-corrected chi connectivity index (χ3v) is 7.22. The van der Waals surface area contributed by atoms with Gasteiger partial charge in [0.25, 0.3) is 5.91 Å². The molecule has 1 saturated heterocycles. The monoisotopic (exact) mass is 373 g/mol. The van der Waals surface area contributed by atoms with Crippen molar-refractivity contribution in [2.75, 3.05) is 24.7 Å². The van der Waals surface area contributed by atoms with Crippen LogP contribution >= 0.6 is 23.5 Å². The summed E-state index contributed by atoms with van der Waals surface area (Å²) in [6, 6.07) is 18.3. The van der Waals surface area contributed by atoms with Gasteiger partial charge in [-0.25, -0.2) is 0 Å². The Morgan fingerprint density at radius 2 is 1.80 bits per heavy atom. The van der Waals surface area contributed by atoms with Gasteiger partial charge < -0.3 is 10.1 Å². The van der Waals surface area contributed by atoms with Crippen LogP contribution < -0.4 is 10.1 Å². The van der Waals surface area contributed by atoms with Gasteiger partial charge in [-0.3, -0.25) is 4.79 Å². The maximum absolute atomic E-state index is 12.0. The number of nitrogens with one attached hydrogen (secondary N) is 1. The van der Waals surface area contributed by atoms with E-state index in [1.165, 1.54) is 22.6 Å². The summed E-state index contributed by atoms with van der Waals surface area (Å²) in [5.41, 5.74) is 2.54. The van der Waals surface area contributed by atoms with Gasteiger partial charge in [-0.15, -0.1) is 23.5 Å². The van der Waals surface area contributed by atoms with Crippen LogP contribution in [0.1, 0.15) is 28.6 Å². The second-order valence-corrected chi connectivity index (χ2v) is 8.77. The van der Waals surface area contributed by atoms with Crippen molar-refractivity contribution in [3.8, 4) is 5.75 Å². The van der Waals surface area contributed by atoms with E-state index in [1.807, 2.05) is 53.9 Å². The molecule has 0 aromatic heterocycles. The molecular weight excluding hydrogens is 350 g/mol. The molecule has 0 bridgehead atoms. The van der Waals surface area contributed by atoms with Gasteiger partial charge in [-0.2, -0.15) is 0 Å². The lowest BCUT2D eigenvalue weighted by molar-refractivity contribution is -0.123. The van der Waals surface area contributed by atoms with E-state index in [1.54, 1.807) is 0 Å². The van der Waals surface area contributed by atoms with Crippen molar-refractivity contribution < 1.29 is 9.53 Å². The van der Waals surface area contributed by atoms with Crippen LogP contribution in [0.4, 0.5) is 0 Å². The van der Waals surface area contributed by atoms with E-state index in [4.69, 9.17) is 4.74 Å². The molecule has 3 rings (SSSR count). The second kappa shape index (κ2) is 9.20. The SMILES string of the molecule is C[C@@H](CNC(=O)COc1ccc(C2SCCS2)cc1)c1ccccc1. The number of hydrogen-bond acceptors (Lipinski definition) is 4. The van der Waals surface area contributed by atoms with Gasteiger partial charge in [-0.1, -0.05) is 49.4 Å². The van der Waals surface area contributed by atoms with Gasteiger partial charge in [0, 0.05) is 18.1 Å². The Kier molecular flexibility index (Phi) is 6.70. The number of carbonyl (C=O) groups excluding carboxylic acids is 1. The highest BCUT2D eigenvalue weighted by molar-refractivity contribution is 8.19. The highest BCUT2D eigenvalue weighted by Gasteiger charge is 2.18. The number of amides is 1. The van der Waals surface area contributed by atoms with E-state index in [-0.39, 0.29) is 18.4 Å². The number of carbonyl (C=O) groups is 1. The largest absolute Gasteiger partial charge is 0.484 e. The second-order valence-electron chi connectivity index (χ2n) is 6.05. The molecule has 0 radical (unpaired) electrons. The van der Waals surface area contributed by atoms with Crippen LogP contribution in [0.25, 0.3) is 0 Å². The zero-order valence-corrected chi connectivity index (χ0v) is 15.9. The molecule has 25 heavy (non-hydrogen) atoms. The lowest BCUT2D eigenvalue weighted by Crippen LogP contribution is -2.31. The average Bonchev–Trinajstić information content (AvgIpc) is 3.20. The first kappa shape index (κ1) is 18.2. The van der Waals surface area contributed by atoms with Crippen molar-refractivity contribution in [2.45, 2.75) is 17.4 Å². The van der Waals surface area contributed by atoms with E-state index in [9.17, 15) is 4.79 Å². The highest BCUT2D eigenvalue weighted by atomic mass is 32.2. The predicted molar refractivity (Wildman–Crippen MR) is 107 cm³/mol. The number of ether oxygens (including phenoxy) is 1. The molecule has 0 saturated carbocycles. The predicted octanol–water partition coefficient (Wildman–Crippen LogP) is 4.46. The Morgan fingerprint density at radius 3 is 2.48 bits per heavy atom. The molecule has 1 fully saturated rings. The first-order valence-corrected chi connectivity index (χ1v) is 10.6. The van der Waals surface area contributed by atoms with Crippen LogP contribution in [0.3, 0.4) is 0 Å². The van der Waals surface area contributed by atoms with Gasteiger partial charge in [-0.05, 0) is 29.2 Å². The molecule has 132 valence electrons. The van der Waals surface area contributed by atoms with Crippen LogP contribution in [0.2, 0.25) is 0 Å². The molecule has 1 N–H and O–H groups in total. The molecule has 1 amide bonds. The molecule has 1 atom stereocenters. The van der Waals surface area contributed by atoms with Crippen molar-refractivity contribution in [3.63, 3.8) is 0 Å². The number of rotatable bonds is 7. The van der Waals surface area contributed by atoms with E-state index in [0.29, 0.717) is 11.1 Å². The summed E-state index contributed by atoms with van der Waals surface area (Å²) in [4.78, 5) is 12.0. The summed E-state index contributed by atoms with van der Waals surface area (Å²) in [5.74, 6) is 3.37. The van der Waals surface area contributed by atoms with Crippen LogP contribution in [0, 0.1) is 0 Å². The Morgan fingerprint density at radius 1 is 1.12 bits per heavy atom. The normalized spacial score (nSPS) is 15.7. The summed E-state index contributed by atoms with van der Waals surface area (Å²) in [5, 5.41) is 2.94. The molecule has 2 aromatic rings. The zero-order chi connectivity index (χ0) is 17.5. The van der Waals surface area contributed by atoms with E-state index < -0.39 is 0 Å². The minimum absolute atomic E-state index is 0.0494. The van der Waals surface area contributed by atoms with Gasteiger partial charge in [0.2, 0.25) is 0 Å². The van der Waals surface area contributed by atoms with Crippen molar-refractivity contribution >= 4 is 29.4 Å². The molecule has 5 heteroatoms. The third-order valence-electron chi connectivity index (χ3n) is 4.12. The van der Waals surface area contributed by atoms with Crippen molar-refractivity contribution in [2.24, 2.45) is 0 Å². The molecule has 2 aromatic carbocycles. The number of benzene rings is 2. The van der Waals surface area contributed by atoms with Gasteiger partial charge in [0.15, 0.2) is 6.61 Å². The Balaban J connectivity index is 1.41. The number of hydrogen-bond donors (Lipinski definition) is 1. The zero-order valence-electron chi connectivity index (χ0n) is 14.3. The maximum atomic E-state index is 12.0. The fourth-order valence-corrected chi connectivity index (χ4v) is 5.50.